The lowest BCUT2D eigenvalue weighted by Crippen LogP contribution is -2.30. The number of hydrazone groups is 1. The van der Waals surface area contributed by atoms with Crippen LogP contribution in [0.4, 0.5) is 5.95 Å². The van der Waals surface area contributed by atoms with E-state index in [1.54, 1.807) is 24.3 Å². The number of benzene rings is 2. The molecule has 0 spiro atoms. The van der Waals surface area contributed by atoms with Gasteiger partial charge in [0.2, 0.25) is 5.95 Å². The average Bonchev–Trinajstić information content (AvgIpc) is 3.22. The fourth-order valence-electron chi connectivity index (χ4n) is 3.46. The second-order valence-electron chi connectivity index (χ2n) is 7.74. The summed E-state index contributed by atoms with van der Waals surface area (Å²) in [5.41, 5.74) is 2.28. The number of aliphatic hydroxyl groups is 1. The van der Waals surface area contributed by atoms with Crippen LogP contribution in [0.25, 0.3) is 11.2 Å². The van der Waals surface area contributed by atoms with Gasteiger partial charge in [0.25, 0.3) is 5.56 Å². The molecule has 2 aromatic carbocycles. The summed E-state index contributed by atoms with van der Waals surface area (Å²) >= 11 is 3.25. The number of aromatic nitrogens is 4. The van der Waals surface area contributed by atoms with Crippen LogP contribution >= 0.6 is 15.9 Å². The number of phenols is 1. The molecule has 12 nitrogen and oxygen atoms in total. The number of ether oxygens (including phenoxy) is 2. The molecule has 13 heteroatoms. The molecule has 1 unspecified atom stereocenters. The number of rotatable bonds is 9. The molecule has 1 atom stereocenters. The first-order chi connectivity index (χ1) is 17.3. The highest BCUT2D eigenvalue weighted by Crippen LogP contribution is 2.34. The Bertz CT molecular complexity index is 1530. The van der Waals surface area contributed by atoms with Crippen LogP contribution < -0.4 is 26.1 Å². The second kappa shape index (κ2) is 10.7. The van der Waals surface area contributed by atoms with Gasteiger partial charge in [0.15, 0.2) is 22.7 Å². The van der Waals surface area contributed by atoms with Crippen molar-refractivity contribution in [2.45, 2.75) is 12.6 Å². The lowest BCUT2D eigenvalue weighted by atomic mass is 10.2. The lowest BCUT2D eigenvalue weighted by Gasteiger charge is -2.15. The number of para-hydroxylation sites is 1. The van der Waals surface area contributed by atoms with Crippen molar-refractivity contribution < 1.29 is 19.7 Å². The zero-order valence-corrected chi connectivity index (χ0v) is 20.9. The third-order valence-electron chi connectivity index (χ3n) is 5.23. The highest BCUT2D eigenvalue weighted by molar-refractivity contribution is 9.10. The van der Waals surface area contributed by atoms with E-state index in [9.17, 15) is 19.8 Å². The van der Waals surface area contributed by atoms with E-state index in [4.69, 9.17) is 9.47 Å². The number of aromatic hydroxyl groups is 1. The Labute approximate surface area is 212 Å². The van der Waals surface area contributed by atoms with Gasteiger partial charge in [0.05, 0.1) is 24.3 Å². The fourth-order valence-corrected chi connectivity index (χ4v) is 3.92. The van der Waals surface area contributed by atoms with Crippen molar-refractivity contribution in [3.8, 4) is 17.2 Å². The predicted octanol–water partition coefficient (Wildman–Crippen LogP) is 1.79. The van der Waals surface area contributed by atoms with E-state index < -0.39 is 17.4 Å². The number of phenolic OH excluding ortho intramolecular Hbond substituents is 1. The Balaban J connectivity index is 1.64. The third kappa shape index (κ3) is 5.26. The molecule has 2 aromatic heterocycles. The summed E-state index contributed by atoms with van der Waals surface area (Å²) in [6.07, 6.45) is 0.440. The van der Waals surface area contributed by atoms with E-state index >= 15 is 0 Å². The Morgan fingerprint density at radius 2 is 2.03 bits per heavy atom. The number of fused-ring (bicyclic) bond motifs is 1. The quantitative estimate of drug-likeness (QED) is 0.179. The van der Waals surface area contributed by atoms with E-state index in [-0.39, 0.29) is 41.8 Å². The molecule has 0 bridgehead atoms. The molecule has 2 heterocycles. The van der Waals surface area contributed by atoms with Gasteiger partial charge in [-0.3, -0.25) is 14.3 Å². The molecule has 4 aromatic rings. The number of imidazole rings is 1. The Morgan fingerprint density at radius 3 is 2.75 bits per heavy atom. The lowest BCUT2D eigenvalue weighted by molar-refractivity contribution is 0.0938. The number of nitrogens with zero attached hydrogens (tertiary/aromatic N) is 4. The number of hydrogen-bond donors (Lipinski definition) is 4. The number of hydrogen-bond acceptors (Lipinski definition) is 9. The molecule has 0 aliphatic heterocycles. The van der Waals surface area contributed by atoms with Crippen molar-refractivity contribution >= 4 is 39.3 Å². The van der Waals surface area contributed by atoms with Crippen molar-refractivity contribution in [3.05, 3.63) is 73.3 Å². The van der Waals surface area contributed by atoms with Crippen molar-refractivity contribution in [2.24, 2.45) is 12.1 Å². The number of halogens is 1. The second-order valence-corrected chi connectivity index (χ2v) is 8.59. The van der Waals surface area contributed by atoms with E-state index in [2.05, 4.69) is 36.4 Å². The molecule has 0 saturated carbocycles. The van der Waals surface area contributed by atoms with E-state index in [1.807, 2.05) is 18.2 Å². The average molecular weight is 559 g/mol. The van der Waals surface area contributed by atoms with Gasteiger partial charge in [0, 0.05) is 7.05 Å². The molecule has 0 radical (unpaired) electrons. The first-order valence-corrected chi connectivity index (χ1v) is 11.5. The minimum atomic E-state index is -1.01. The number of aromatic amines is 1. The van der Waals surface area contributed by atoms with Gasteiger partial charge in [-0.25, -0.2) is 10.2 Å². The van der Waals surface area contributed by atoms with E-state index in [0.717, 1.165) is 0 Å². The molecule has 4 rings (SSSR count). The Hall–Kier alpha value is -4.10. The molecule has 0 fully saturated rings. The highest BCUT2D eigenvalue weighted by Gasteiger charge is 2.20. The van der Waals surface area contributed by atoms with Crippen molar-refractivity contribution in [1.82, 2.24) is 19.1 Å². The largest absolute Gasteiger partial charge is 0.503 e. The molecular weight excluding hydrogens is 536 g/mol. The molecule has 4 N–H and O–H groups in total. The minimum absolute atomic E-state index is 0.0443. The molecule has 0 aliphatic carbocycles. The molecule has 0 aliphatic rings. The first-order valence-electron chi connectivity index (χ1n) is 10.7. The van der Waals surface area contributed by atoms with Gasteiger partial charge in [-0.15, -0.1) is 0 Å². The molecule has 188 valence electrons. The van der Waals surface area contributed by atoms with E-state index in [1.165, 1.54) is 29.5 Å². The number of aryl methyl sites for hydroxylation is 1. The summed E-state index contributed by atoms with van der Waals surface area (Å²) in [6, 6.07) is 12.2. The van der Waals surface area contributed by atoms with Gasteiger partial charge in [-0.05, 0) is 45.8 Å². The third-order valence-corrected chi connectivity index (χ3v) is 5.84. The summed E-state index contributed by atoms with van der Waals surface area (Å²) in [7, 11) is 2.90. The summed E-state index contributed by atoms with van der Waals surface area (Å²) in [5.74, 6) is 0.916. The molecule has 0 amide bonds. The fraction of sp³-hybridized carbons (Fsp3) is 0.217. The smallest absolute Gasteiger partial charge is 0.329 e. The van der Waals surface area contributed by atoms with Crippen molar-refractivity contribution in [1.29, 1.82) is 0 Å². The molecular formula is C23H23BrN6O6. The van der Waals surface area contributed by atoms with Crippen LogP contribution in [0.15, 0.2) is 61.6 Å². The van der Waals surface area contributed by atoms with Gasteiger partial charge >= 0.3 is 5.69 Å². The van der Waals surface area contributed by atoms with Gasteiger partial charge in [-0.1, -0.05) is 18.2 Å². The van der Waals surface area contributed by atoms with Crippen LogP contribution in [0.2, 0.25) is 0 Å². The number of H-pyrrole nitrogens is 1. The van der Waals surface area contributed by atoms with Crippen molar-refractivity contribution in [2.75, 3.05) is 19.1 Å². The van der Waals surface area contributed by atoms with Crippen LogP contribution in [0.1, 0.15) is 5.56 Å². The molecule has 0 saturated heterocycles. The topological polar surface area (TPSA) is 156 Å². The minimum Gasteiger partial charge on any atom is -0.503 e. The number of aliphatic hydroxyl groups excluding tert-OH is 1. The van der Waals surface area contributed by atoms with Crippen LogP contribution in [0.3, 0.4) is 0 Å². The normalized spacial score (nSPS) is 12.2. The number of methoxy groups -OCH3 is 1. The van der Waals surface area contributed by atoms with Gasteiger partial charge in [0.1, 0.15) is 18.5 Å². The zero-order chi connectivity index (χ0) is 25.8. The van der Waals surface area contributed by atoms with Crippen LogP contribution in [0, 0.1) is 0 Å². The number of nitrogens with one attached hydrogen (secondary N) is 2. The van der Waals surface area contributed by atoms with Gasteiger partial charge in [-0.2, -0.15) is 10.1 Å². The maximum atomic E-state index is 12.6. The predicted molar refractivity (Wildman–Crippen MR) is 137 cm³/mol. The SMILES string of the molecule is COc1cc(/C=N/Nc2nc3c(c(=O)[nH]c(=O)n3C)n2CC(O)COc2ccccc2)cc(Br)c1O. The zero-order valence-electron chi connectivity index (χ0n) is 19.3. The summed E-state index contributed by atoms with van der Waals surface area (Å²) in [5, 5.41) is 24.8. The summed E-state index contributed by atoms with van der Waals surface area (Å²) in [6.45, 7) is -0.113. The highest BCUT2D eigenvalue weighted by atomic mass is 79.9. The van der Waals surface area contributed by atoms with Crippen molar-refractivity contribution in [3.63, 3.8) is 0 Å². The summed E-state index contributed by atoms with van der Waals surface area (Å²) < 4.78 is 13.8. The van der Waals surface area contributed by atoms with E-state index in [0.29, 0.717) is 15.8 Å². The standard InChI is InChI=1S/C23H23BrN6O6/c1-29-20-18(21(33)27-23(29)34)30(11-14(31)12-36-15-6-4-3-5-7-15)22(26-20)28-25-10-13-8-16(24)19(32)17(9-13)35-2/h3-10,14,31-32H,11-12H2,1-2H3,(H,26,28)(H,27,33,34)/b25-10+. The first kappa shape index (κ1) is 25.0. The maximum absolute atomic E-state index is 12.6. The molecule has 36 heavy (non-hydrogen) atoms. The van der Waals surface area contributed by atoms with Crippen LogP contribution in [-0.2, 0) is 13.6 Å². The Morgan fingerprint density at radius 1 is 1.28 bits per heavy atom. The Kier molecular flexibility index (Phi) is 7.41. The van der Waals surface area contributed by atoms with Gasteiger partial charge < -0.3 is 24.3 Å². The monoisotopic (exact) mass is 558 g/mol. The maximum Gasteiger partial charge on any atom is 0.329 e. The summed E-state index contributed by atoms with van der Waals surface area (Å²) in [4.78, 5) is 31.3. The number of anilines is 1. The van der Waals surface area contributed by atoms with Crippen LogP contribution in [0.5, 0.6) is 17.2 Å². The van der Waals surface area contributed by atoms with Crippen LogP contribution in [-0.4, -0.2) is 55.4 Å².